The number of aliphatic hydroxyl groups excluding tert-OH is 1. The minimum absolute atomic E-state index is 0.157. The molecule has 2 N–H and O–H groups in total. The number of benzene rings is 1. The fourth-order valence-corrected chi connectivity index (χ4v) is 3.99. The summed E-state index contributed by atoms with van der Waals surface area (Å²) in [5, 5.41) is 12.4. The van der Waals surface area contributed by atoms with Gasteiger partial charge in [-0.05, 0) is 36.7 Å². The van der Waals surface area contributed by atoms with E-state index in [9.17, 15) is 9.90 Å². The van der Waals surface area contributed by atoms with Gasteiger partial charge in [0.2, 0.25) is 5.91 Å². The number of nitrogens with one attached hydrogen (secondary N) is 1. The van der Waals surface area contributed by atoms with Crippen LogP contribution in [0.25, 0.3) is 0 Å². The highest BCUT2D eigenvalue weighted by Crippen LogP contribution is 2.55. The Kier molecular flexibility index (Phi) is 4.59. The highest BCUT2D eigenvalue weighted by Gasteiger charge is 2.54. The lowest BCUT2D eigenvalue weighted by molar-refractivity contribution is -0.123. The van der Waals surface area contributed by atoms with Crippen LogP contribution in [0.15, 0.2) is 30.3 Å². The Morgan fingerprint density at radius 1 is 1.19 bits per heavy atom. The van der Waals surface area contributed by atoms with Crippen LogP contribution in [-0.4, -0.2) is 24.2 Å². The first-order chi connectivity index (χ1) is 10.3. The Labute approximate surface area is 126 Å². The molecule has 1 amide bonds. The molecule has 1 aromatic carbocycles. The number of aliphatic hydroxyl groups is 1. The van der Waals surface area contributed by atoms with Gasteiger partial charge in [0.25, 0.3) is 0 Å². The third-order valence-corrected chi connectivity index (χ3v) is 5.23. The molecule has 2 fully saturated rings. The summed E-state index contributed by atoms with van der Waals surface area (Å²) in [7, 11) is 0. The van der Waals surface area contributed by atoms with Gasteiger partial charge in [-0.3, -0.25) is 4.79 Å². The van der Waals surface area contributed by atoms with Crippen molar-refractivity contribution in [2.24, 2.45) is 17.8 Å². The minimum Gasteiger partial charge on any atom is -0.396 e. The van der Waals surface area contributed by atoms with Crippen molar-refractivity contribution in [3.05, 3.63) is 35.9 Å². The summed E-state index contributed by atoms with van der Waals surface area (Å²) in [6.45, 7) is 0.795. The third-order valence-electron chi connectivity index (χ3n) is 5.23. The van der Waals surface area contributed by atoms with Crippen molar-refractivity contribution in [3.8, 4) is 0 Å². The van der Waals surface area contributed by atoms with E-state index in [0.717, 1.165) is 0 Å². The Bertz CT molecular complexity index is 461. The lowest BCUT2D eigenvalue weighted by Crippen LogP contribution is -2.30. The fraction of sp³-hybridized carbons (Fsp3) is 0.611. The zero-order valence-electron chi connectivity index (χ0n) is 12.5. The zero-order valence-corrected chi connectivity index (χ0v) is 12.5. The molecular weight excluding hydrogens is 262 g/mol. The molecular formula is C18H25NO2. The van der Waals surface area contributed by atoms with Gasteiger partial charge in [0, 0.05) is 25.0 Å². The van der Waals surface area contributed by atoms with Crippen LogP contribution in [0.3, 0.4) is 0 Å². The largest absolute Gasteiger partial charge is 0.396 e. The van der Waals surface area contributed by atoms with E-state index in [4.69, 9.17) is 0 Å². The molecule has 0 aliphatic heterocycles. The Hall–Kier alpha value is -1.35. The van der Waals surface area contributed by atoms with Crippen LogP contribution in [0.2, 0.25) is 0 Å². The van der Waals surface area contributed by atoms with Crippen LogP contribution in [0, 0.1) is 17.8 Å². The summed E-state index contributed by atoms with van der Waals surface area (Å²) < 4.78 is 0. The summed E-state index contributed by atoms with van der Waals surface area (Å²) >= 11 is 0. The zero-order chi connectivity index (χ0) is 14.7. The molecule has 3 nitrogen and oxygen atoms in total. The number of hydrogen-bond acceptors (Lipinski definition) is 2. The van der Waals surface area contributed by atoms with Crippen molar-refractivity contribution in [1.82, 2.24) is 5.32 Å². The van der Waals surface area contributed by atoms with E-state index in [2.05, 4.69) is 17.4 Å². The maximum absolute atomic E-state index is 12.3. The first kappa shape index (κ1) is 14.6. The van der Waals surface area contributed by atoms with Crippen LogP contribution in [0.1, 0.15) is 43.6 Å². The number of carbonyl (C=O) groups is 1. The predicted molar refractivity (Wildman–Crippen MR) is 82.8 cm³/mol. The summed E-state index contributed by atoms with van der Waals surface area (Å²) in [6, 6.07) is 10.2. The molecule has 2 aliphatic carbocycles. The van der Waals surface area contributed by atoms with Crippen LogP contribution < -0.4 is 5.32 Å². The third kappa shape index (κ3) is 3.29. The maximum atomic E-state index is 12.3. The quantitative estimate of drug-likeness (QED) is 0.845. The van der Waals surface area contributed by atoms with Crippen LogP contribution >= 0.6 is 0 Å². The number of hydrogen-bond donors (Lipinski definition) is 2. The van der Waals surface area contributed by atoms with E-state index in [0.29, 0.717) is 24.8 Å². The number of rotatable bonds is 6. The summed E-state index contributed by atoms with van der Waals surface area (Å²) in [4.78, 5) is 12.3. The fourth-order valence-electron chi connectivity index (χ4n) is 3.99. The second-order valence-electron chi connectivity index (χ2n) is 6.50. The van der Waals surface area contributed by atoms with Gasteiger partial charge in [-0.25, -0.2) is 0 Å². The van der Waals surface area contributed by atoms with Crippen LogP contribution in [0.5, 0.6) is 0 Å². The van der Waals surface area contributed by atoms with E-state index >= 15 is 0 Å². The van der Waals surface area contributed by atoms with Gasteiger partial charge in [-0.15, -0.1) is 0 Å². The van der Waals surface area contributed by atoms with Gasteiger partial charge in [-0.2, -0.15) is 0 Å². The van der Waals surface area contributed by atoms with Crippen molar-refractivity contribution >= 4 is 5.91 Å². The topological polar surface area (TPSA) is 49.3 Å². The molecule has 3 rings (SSSR count). The highest BCUT2D eigenvalue weighted by atomic mass is 16.3. The molecule has 3 unspecified atom stereocenters. The molecule has 0 aromatic heterocycles. The summed E-state index contributed by atoms with van der Waals surface area (Å²) in [5.74, 6) is 2.04. The van der Waals surface area contributed by atoms with Crippen molar-refractivity contribution < 1.29 is 9.90 Å². The van der Waals surface area contributed by atoms with Crippen molar-refractivity contribution in [2.75, 3.05) is 13.2 Å². The molecule has 3 atom stereocenters. The first-order valence-electron chi connectivity index (χ1n) is 8.24. The molecule has 21 heavy (non-hydrogen) atoms. The van der Waals surface area contributed by atoms with Gasteiger partial charge in [0.05, 0.1) is 0 Å². The molecule has 0 bridgehead atoms. The van der Waals surface area contributed by atoms with Crippen LogP contribution in [-0.2, 0) is 4.79 Å². The van der Waals surface area contributed by atoms with Gasteiger partial charge in [0.15, 0.2) is 0 Å². The number of fused-ring (bicyclic) bond motifs is 1. The molecule has 2 saturated carbocycles. The number of carbonyl (C=O) groups excluding carboxylic acids is 1. The normalized spacial score (nSPS) is 28.5. The SMILES string of the molecule is O=C(NCC(CCO)c1ccccc1)C1C2CCCCC21. The van der Waals surface area contributed by atoms with Crippen LogP contribution in [0.4, 0.5) is 0 Å². The molecule has 3 heteroatoms. The van der Waals surface area contributed by atoms with E-state index in [1.165, 1.54) is 31.2 Å². The van der Waals surface area contributed by atoms with Crippen molar-refractivity contribution in [1.29, 1.82) is 0 Å². The van der Waals surface area contributed by atoms with Gasteiger partial charge in [-0.1, -0.05) is 43.2 Å². The summed E-state index contributed by atoms with van der Waals surface area (Å²) in [6.07, 6.45) is 5.76. The van der Waals surface area contributed by atoms with E-state index in [1.807, 2.05) is 18.2 Å². The molecule has 0 saturated heterocycles. The second kappa shape index (κ2) is 6.61. The lowest BCUT2D eigenvalue weighted by Gasteiger charge is -2.17. The molecule has 2 aliphatic rings. The Morgan fingerprint density at radius 2 is 1.86 bits per heavy atom. The maximum Gasteiger partial charge on any atom is 0.223 e. The van der Waals surface area contributed by atoms with Gasteiger partial charge < -0.3 is 10.4 Å². The minimum atomic E-state index is 0.157. The average Bonchev–Trinajstić information content (AvgIpc) is 3.26. The molecule has 114 valence electrons. The summed E-state index contributed by atoms with van der Waals surface area (Å²) in [5.41, 5.74) is 1.19. The number of amides is 1. The average molecular weight is 287 g/mol. The van der Waals surface area contributed by atoms with Crippen molar-refractivity contribution in [3.63, 3.8) is 0 Å². The van der Waals surface area contributed by atoms with E-state index in [-0.39, 0.29) is 24.3 Å². The first-order valence-corrected chi connectivity index (χ1v) is 8.24. The molecule has 0 spiro atoms. The smallest absolute Gasteiger partial charge is 0.223 e. The van der Waals surface area contributed by atoms with E-state index in [1.54, 1.807) is 0 Å². The molecule has 0 radical (unpaired) electrons. The highest BCUT2D eigenvalue weighted by molar-refractivity contribution is 5.82. The van der Waals surface area contributed by atoms with Crippen molar-refractivity contribution in [2.45, 2.75) is 38.0 Å². The van der Waals surface area contributed by atoms with E-state index < -0.39 is 0 Å². The van der Waals surface area contributed by atoms with Gasteiger partial charge in [0.1, 0.15) is 0 Å². The van der Waals surface area contributed by atoms with Gasteiger partial charge >= 0.3 is 0 Å². The standard InChI is InChI=1S/C18H25NO2/c20-11-10-14(13-6-2-1-3-7-13)12-19-18(21)17-15-8-4-5-9-16(15)17/h1-3,6-7,14-17,20H,4-5,8-12H2,(H,19,21). The Balaban J connectivity index is 1.54. The monoisotopic (exact) mass is 287 g/mol. The predicted octanol–water partition coefficient (Wildman–Crippen LogP) is 2.71. The molecule has 1 aromatic rings. The Morgan fingerprint density at radius 3 is 2.48 bits per heavy atom. The second-order valence-corrected chi connectivity index (χ2v) is 6.50. The molecule has 0 heterocycles. The lowest BCUT2D eigenvalue weighted by atomic mass is 9.96.